The Bertz CT molecular complexity index is 403. The van der Waals surface area contributed by atoms with Gasteiger partial charge in [-0.15, -0.1) is 0 Å². The average Bonchev–Trinajstić information content (AvgIpc) is 2.30. The molecule has 0 saturated heterocycles. The smallest absolute Gasteiger partial charge is 0.414 e. The van der Waals surface area contributed by atoms with Crippen LogP contribution in [0, 0.1) is 0 Å². The van der Waals surface area contributed by atoms with E-state index in [2.05, 4.69) is 15.9 Å². The van der Waals surface area contributed by atoms with E-state index in [0.29, 0.717) is 18.7 Å². The van der Waals surface area contributed by atoms with Gasteiger partial charge in [0.05, 0.1) is 7.11 Å². The fraction of sp³-hybridized carbons (Fsp3) is 0.333. The third-order valence-corrected chi connectivity index (χ3v) is 2.75. The molecule has 0 aliphatic heterocycles. The van der Waals surface area contributed by atoms with Crippen molar-refractivity contribution in [2.75, 3.05) is 18.6 Å². The number of carbonyl (C=O) groups is 2. The Kier molecular flexibility index (Phi) is 5.15. The highest BCUT2D eigenvalue weighted by atomic mass is 79.9. The van der Waals surface area contributed by atoms with Crippen molar-refractivity contribution in [3.8, 4) is 0 Å². The van der Waals surface area contributed by atoms with Crippen molar-refractivity contribution < 1.29 is 14.3 Å². The van der Waals surface area contributed by atoms with Crippen molar-refractivity contribution in [1.29, 1.82) is 0 Å². The first kappa shape index (κ1) is 13.7. The van der Waals surface area contributed by atoms with E-state index in [9.17, 15) is 9.59 Å². The lowest BCUT2D eigenvalue weighted by Gasteiger charge is -2.20. The number of hydrogen-bond donors (Lipinski definition) is 0. The molecule has 0 bridgehead atoms. The molecule has 92 valence electrons. The molecule has 0 aromatic heterocycles. The number of Topliss-reactive ketones (excluding diaryl/α,β-unsaturated/α-hetero) is 1. The summed E-state index contributed by atoms with van der Waals surface area (Å²) in [6.07, 6.45) is -0.154. The molecule has 1 amide bonds. The van der Waals surface area contributed by atoms with E-state index in [1.165, 1.54) is 18.9 Å². The predicted octanol–water partition coefficient (Wildman–Crippen LogP) is 3.00. The molecule has 4 nitrogen and oxygen atoms in total. The Morgan fingerprint density at radius 1 is 1.29 bits per heavy atom. The van der Waals surface area contributed by atoms with Crippen LogP contribution >= 0.6 is 15.9 Å². The van der Waals surface area contributed by atoms with E-state index in [4.69, 9.17) is 4.74 Å². The quantitative estimate of drug-likeness (QED) is 0.858. The predicted molar refractivity (Wildman–Crippen MR) is 69.2 cm³/mol. The van der Waals surface area contributed by atoms with Gasteiger partial charge >= 0.3 is 6.09 Å². The Labute approximate surface area is 109 Å². The summed E-state index contributed by atoms with van der Waals surface area (Å²) in [4.78, 5) is 24.0. The number of amides is 1. The Balaban J connectivity index is 2.85. The molecule has 0 N–H and O–H groups in total. The van der Waals surface area contributed by atoms with Gasteiger partial charge in [-0.25, -0.2) is 4.79 Å². The maximum absolute atomic E-state index is 11.6. The van der Waals surface area contributed by atoms with Gasteiger partial charge in [0, 0.05) is 23.1 Å². The number of anilines is 1. The van der Waals surface area contributed by atoms with Gasteiger partial charge in [-0.3, -0.25) is 9.69 Å². The zero-order chi connectivity index (χ0) is 12.8. The minimum Gasteiger partial charge on any atom is -0.452 e. The molecule has 0 aliphatic rings. The zero-order valence-electron chi connectivity index (χ0n) is 9.77. The first-order valence-corrected chi connectivity index (χ1v) is 5.94. The summed E-state index contributed by atoms with van der Waals surface area (Å²) in [5, 5.41) is 0. The average molecular weight is 300 g/mol. The van der Waals surface area contributed by atoms with Gasteiger partial charge in [-0.1, -0.05) is 15.9 Å². The van der Waals surface area contributed by atoms with Gasteiger partial charge in [0.2, 0.25) is 0 Å². The number of nitrogens with zero attached hydrogens (tertiary/aromatic N) is 1. The molecule has 0 spiro atoms. The monoisotopic (exact) mass is 299 g/mol. The minimum absolute atomic E-state index is 0.0380. The lowest BCUT2D eigenvalue weighted by atomic mass is 10.2. The maximum Gasteiger partial charge on any atom is 0.414 e. The van der Waals surface area contributed by atoms with Crippen LogP contribution < -0.4 is 4.90 Å². The van der Waals surface area contributed by atoms with Gasteiger partial charge in [0.15, 0.2) is 0 Å². The van der Waals surface area contributed by atoms with Crippen molar-refractivity contribution in [1.82, 2.24) is 0 Å². The molecule has 1 aromatic rings. The van der Waals surface area contributed by atoms with Gasteiger partial charge in [0.1, 0.15) is 5.78 Å². The molecule has 1 rings (SSSR count). The summed E-state index contributed by atoms with van der Waals surface area (Å²) in [6.45, 7) is 1.82. The SMILES string of the molecule is COC(=O)N(CCC(C)=O)c1ccc(Br)cc1. The maximum atomic E-state index is 11.6. The van der Waals surface area contributed by atoms with Gasteiger partial charge < -0.3 is 4.74 Å². The normalized spacial score (nSPS) is 9.82. The number of benzene rings is 1. The second-order valence-electron chi connectivity index (χ2n) is 3.55. The fourth-order valence-electron chi connectivity index (χ4n) is 1.33. The summed E-state index contributed by atoms with van der Waals surface area (Å²) < 4.78 is 5.62. The second-order valence-corrected chi connectivity index (χ2v) is 4.47. The van der Waals surface area contributed by atoms with E-state index in [0.717, 1.165) is 4.47 Å². The number of rotatable bonds is 4. The Hall–Kier alpha value is -1.36. The van der Waals surface area contributed by atoms with Crippen molar-refractivity contribution in [3.63, 3.8) is 0 Å². The molecule has 0 unspecified atom stereocenters. The molecular weight excluding hydrogens is 286 g/mol. The number of ether oxygens (including phenoxy) is 1. The standard InChI is InChI=1S/C12H14BrNO3/c1-9(15)7-8-14(12(16)17-2)11-5-3-10(13)4-6-11/h3-6H,7-8H2,1-2H3. The van der Waals surface area contributed by atoms with Crippen LogP contribution in [0.5, 0.6) is 0 Å². The number of ketones is 1. The van der Waals surface area contributed by atoms with Crippen molar-refractivity contribution in [2.45, 2.75) is 13.3 Å². The molecule has 0 saturated carbocycles. The van der Waals surface area contributed by atoms with Crippen LogP contribution in [0.4, 0.5) is 10.5 Å². The van der Waals surface area contributed by atoms with E-state index < -0.39 is 6.09 Å². The topological polar surface area (TPSA) is 46.6 Å². The molecule has 1 aromatic carbocycles. The molecular formula is C12H14BrNO3. The number of hydrogen-bond acceptors (Lipinski definition) is 3. The third kappa shape index (κ3) is 4.19. The minimum atomic E-state index is -0.464. The summed E-state index contributed by atoms with van der Waals surface area (Å²) in [5.41, 5.74) is 0.710. The van der Waals surface area contributed by atoms with Crippen molar-refractivity contribution in [2.24, 2.45) is 0 Å². The first-order chi connectivity index (χ1) is 8.04. The van der Waals surface area contributed by atoms with Crippen LogP contribution in [0.25, 0.3) is 0 Å². The van der Waals surface area contributed by atoms with Crippen LogP contribution in [0.3, 0.4) is 0 Å². The van der Waals surface area contributed by atoms with Gasteiger partial charge in [-0.2, -0.15) is 0 Å². The van der Waals surface area contributed by atoms with Gasteiger partial charge in [-0.05, 0) is 31.2 Å². The molecule has 0 fully saturated rings. The van der Waals surface area contributed by atoms with E-state index in [1.54, 1.807) is 12.1 Å². The second kappa shape index (κ2) is 6.39. The molecule has 5 heteroatoms. The summed E-state index contributed by atoms with van der Waals surface area (Å²) >= 11 is 3.32. The van der Waals surface area contributed by atoms with E-state index >= 15 is 0 Å². The molecule has 0 atom stereocenters. The lowest BCUT2D eigenvalue weighted by Crippen LogP contribution is -2.32. The zero-order valence-corrected chi connectivity index (χ0v) is 11.4. The van der Waals surface area contributed by atoms with Gasteiger partial charge in [0.25, 0.3) is 0 Å². The highest BCUT2D eigenvalue weighted by molar-refractivity contribution is 9.10. The highest BCUT2D eigenvalue weighted by Crippen LogP contribution is 2.19. The molecule has 0 heterocycles. The summed E-state index contributed by atoms with van der Waals surface area (Å²) in [7, 11) is 1.32. The van der Waals surface area contributed by atoms with Crippen LogP contribution in [0.15, 0.2) is 28.7 Å². The molecule has 0 aliphatic carbocycles. The first-order valence-electron chi connectivity index (χ1n) is 5.15. The molecule has 17 heavy (non-hydrogen) atoms. The molecule has 0 radical (unpaired) electrons. The lowest BCUT2D eigenvalue weighted by molar-refractivity contribution is -0.116. The van der Waals surface area contributed by atoms with Crippen molar-refractivity contribution >= 4 is 33.5 Å². The van der Waals surface area contributed by atoms with Crippen LogP contribution in [0.1, 0.15) is 13.3 Å². The van der Waals surface area contributed by atoms with Crippen LogP contribution in [0.2, 0.25) is 0 Å². The summed E-state index contributed by atoms with van der Waals surface area (Å²) in [6, 6.07) is 7.25. The van der Waals surface area contributed by atoms with E-state index in [-0.39, 0.29) is 5.78 Å². The number of halogens is 1. The fourth-order valence-corrected chi connectivity index (χ4v) is 1.59. The van der Waals surface area contributed by atoms with Crippen LogP contribution in [-0.4, -0.2) is 25.5 Å². The number of methoxy groups -OCH3 is 1. The van der Waals surface area contributed by atoms with Crippen molar-refractivity contribution in [3.05, 3.63) is 28.7 Å². The third-order valence-electron chi connectivity index (χ3n) is 2.22. The summed E-state index contributed by atoms with van der Waals surface area (Å²) in [5.74, 6) is 0.0380. The van der Waals surface area contributed by atoms with E-state index in [1.807, 2.05) is 12.1 Å². The highest BCUT2D eigenvalue weighted by Gasteiger charge is 2.16. The number of carbonyl (C=O) groups excluding carboxylic acids is 2. The van der Waals surface area contributed by atoms with Crippen LogP contribution in [-0.2, 0) is 9.53 Å². The Morgan fingerprint density at radius 2 is 1.88 bits per heavy atom. The Morgan fingerprint density at radius 3 is 2.35 bits per heavy atom. The largest absolute Gasteiger partial charge is 0.452 e.